The molecule has 1 N–H and O–H groups in total. The number of carbonyl (C=O) groups excluding carboxylic acids is 1. The van der Waals surface area contributed by atoms with E-state index in [1.54, 1.807) is 12.1 Å². The average molecular weight is 447 g/mol. The van der Waals surface area contributed by atoms with Crippen LogP contribution in [0.5, 0.6) is 5.75 Å². The maximum absolute atomic E-state index is 12.6. The number of hydrogen-bond donors (Lipinski definition) is 1. The van der Waals surface area contributed by atoms with Crippen LogP contribution in [0.3, 0.4) is 0 Å². The lowest BCUT2D eigenvalue weighted by Gasteiger charge is -2.31. The smallest absolute Gasteiger partial charge is 0.405 e. The molecule has 1 aliphatic rings. The number of anilines is 1. The van der Waals surface area contributed by atoms with Crippen molar-refractivity contribution in [3.8, 4) is 11.6 Å². The standard InChI is InChI=1S/C20H20F3N7O2/c21-20(22,23)32-16-4-2-1-3-15(16)11-25-19(31)14-7-9-29(10-8-14)17-5-6-18(28-27-17)30-13-24-12-26-30/h1-6,12-14H,7-11H2,(H,25,31). The second-order valence-corrected chi connectivity index (χ2v) is 7.22. The lowest BCUT2D eigenvalue weighted by molar-refractivity contribution is -0.274. The first kappa shape index (κ1) is 21.5. The van der Waals surface area contributed by atoms with Gasteiger partial charge in [-0.2, -0.15) is 5.10 Å². The van der Waals surface area contributed by atoms with E-state index >= 15 is 0 Å². The molecule has 1 amide bonds. The number of amides is 1. The Kier molecular flexibility index (Phi) is 6.19. The molecule has 1 saturated heterocycles. The molecule has 9 nitrogen and oxygen atoms in total. The Morgan fingerprint density at radius 2 is 1.81 bits per heavy atom. The fourth-order valence-corrected chi connectivity index (χ4v) is 3.51. The number of benzene rings is 1. The summed E-state index contributed by atoms with van der Waals surface area (Å²) in [6, 6.07) is 9.38. The molecular formula is C20H20F3N7O2. The van der Waals surface area contributed by atoms with Crippen molar-refractivity contribution in [2.24, 2.45) is 5.92 Å². The van der Waals surface area contributed by atoms with Gasteiger partial charge in [0.2, 0.25) is 5.91 Å². The Morgan fingerprint density at radius 1 is 1.09 bits per heavy atom. The molecule has 2 aromatic heterocycles. The number of para-hydroxylation sites is 1. The van der Waals surface area contributed by atoms with E-state index < -0.39 is 6.36 Å². The summed E-state index contributed by atoms with van der Waals surface area (Å²) in [5.74, 6) is 0.507. The van der Waals surface area contributed by atoms with Crippen molar-refractivity contribution >= 4 is 11.7 Å². The molecular weight excluding hydrogens is 427 g/mol. The third kappa shape index (κ3) is 5.31. The van der Waals surface area contributed by atoms with Crippen molar-refractivity contribution in [2.75, 3.05) is 18.0 Å². The summed E-state index contributed by atoms with van der Waals surface area (Å²) in [6.07, 6.45) is -0.657. The number of alkyl halides is 3. The Morgan fingerprint density at radius 3 is 2.47 bits per heavy atom. The number of halogens is 3. The van der Waals surface area contributed by atoms with Crippen LogP contribution in [-0.2, 0) is 11.3 Å². The maximum Gasteiger partial charge on any atom is 0.573 e. The van der Waals surface area contributed by atoms with Gasteiger partial charge in [0, 0.05) is 31.1 Å². The zero-order chi connectivity index (χ0) is 22.6. The van der Waals surface area contributed by atoms with Crippen molar-refractivity contribution in [3.63, 3.8) is 0 Å². The Bertz CT molecular complexity index is 1030. The maximum atomic E-state index is 12.6. The van der Waals surface area contributed by atoms with E-state index in [1.807, 2.05) is 11.0 Å². The SMILES string of the molecule is O=C(NCc1ccccc1OC(F)(F)F)C1CCN(c2ccc(-n3cncn3)nn2)CC1. The molecule has 3 heterocycles. The normalized spacial score (nSPS) is 14.9. The zero-order valence-corrected chi connectivity index (χ0v) is 16.9. The molecule has 1 fully saturated rings. The number of piperidine rings is 1. The van der Waals surface area contributed by atoms with E-state index in [0.29, 0.717) is 37.6 Å². The van der Waals surface area contributed by atoms with E-state index in [1.165, 1.54) is 35.5 Å². The first-order valence-electron chi connectivity index (χ1n) is 9.94. The number of nitrogens with zero attached hydrogens (tertiary/aromatic N) is 6. The first-order chi connectivity index (χ1) is 15.4. The van der Waals surface area contributed by atoms with Gasteiger partial charge >= 0.3 is 6.36 Å². The quantitative estimate of drug-likeness (QED) is 0.620. The first-order valence-corrected chi connectivity index (χ1v) is 9.94. The minimum Gasteiger partial charge on any atom is -0.405 e. The summed E-state index contributed by atoms with van der Waals surface area (Å²) in [6.45, 7) is 1.19. The lowest BCUT2D eigenvalue weighted by atomic mass is 9.96. The van der Waals surface area contributed by atoms with Crippen LogP contribution in [0.15, 0.2) is 49.1 Å². The van der Waals surface area contributed by atoms with Gasteiger partial charge in [-0.05, 0) is 31.0 Å². The molecule has 1 aliphatic heterocycles. The summed E-state index contributed by atoms with van der Waals surface area (Å²) in [5, 5.41) is 15.1. The van der Waals surface area contributed by atoms with Crippen molar-refractivity contribution in [1.29, 1.82) is 0 Å². The van der Waals surface area contributed by atoms with Gasteiger partial charge in [0.25, 0.3) is 0 Å². The van der Waals surface area contributed by atoms with Crippen molar-refractivity contribution in [1.82, 2.24) is 30.3 Å². The van der Waals surface area contributed by atoms with E-state index in [0.717, 1.165) is 0 Å². The van der Waals surface area contributed by atoms with Gasteiger partial charge in [0.05, 0.1) is 0 Å². The van der Waals surface area contributed by atoms with Gasteiger partial charge in [0.15, 0.2) is 11.6 Å². The van der Waals surface area contributed by atoms with Crippen LogP contribution in [0.25, 0.3) is 5.82 Å². The van der Waals surface area contributed by atoms with Crippen molar-refractivity contribution in [3.05, 3.63) is 54.6 Å². The number of ether oxygens (including phenoxy) is 1. The molecule has 168 valence electrons. The highest BCUT2D eigenvalue weighted by molar-refractivity contribution is 5.79. The Hall–Kier alpha value is -3.70. The minimum absolute atomic E-state index is 0.0411. The van der Waals surface area contributed by atoms with Gasteiger partial charge in [-0.15, -0.1) is 23.4 Å². The van der Waals surface area contributed by atoms with Crippen LogP contribution < -0.4 is 15.0 Å². The molecule has 0 bridgehead atoms. The van der Waals surface area contributed by atoms with Crippen LogP contribution in [0.4, 0.5) is 19.0 Å². The molecule has 12 heteroatoms. The molecule has 0 atom stereocenters. The van der Waals surface area contributed by atoms with Crippen LogP contribution in [0.1, 0.15) is 18.4 Å². The topological polar surface area (TPSA) is 98.1 Å². The van der Waals surface area contributed by atoms with Gasteiger partial charge < -0.3 is 15.0 Å². The van der Waals surface area contributed by atoms with Crippen molar-refractivity contribution < 1.29 is 22.7 Å². The summed E-state index contributed by atoms with van der Waals surface area (Å²) in [7, 11) is 0. The molecule has 0 radical (unpaired) electrons. The highest BCUT2D eigenvalue weighted by Crippen LogP contribution is 2.27. The van der Waals surface area contributed by atoms with Gasteiger partial charge in [-0.25, -0.2) is 9.67 Å². The zero-order valence-electron chi connectivity index (χ0n) is 16.9. The predicted molar refractivity (Wildman–Crippen MR) is 107 cm³/mol. The number of rotatable bonds is 6. The van der Waals surface area contributed by atoms with E-state index in [-0.39, 0.29) is 29.7 Å². The summed E-state index contributed by atoms with van der Waals surface area (Å²) >= 11 is 0. The van der Waals surface area contributed by atoms with E-state index in [9.17, 15) is 18.0 Å². The molecule has 0 saturated carbocycles. The van der Waals surface area contributed by atoms with Gasteiger partial charge in [0.1, 0.15) is 18.4 Å². The number of hydrogen-bond acceptors (Lipinski definition) is 7. The van der Waals surface area contributed by atoms with Crippen LogP contribution in [0.2, 0.25) is 0 Å². The number of nitrogens with one attached hydrogen (secondary N) is 1. The van der Waals surface area contributed by atoms with Crippen LogP contribution >= 0.6 is 0 Å². The Balaban J connectivity index is 1.29. The molecule has 0 spiro atoms. The van der Waals surface area contributed by atoms with Crippen molar-refractivity contribution in [2.45, 2.75) is 25.7 Å². The summed E-state index contributed by atoms with van der Waals surface area (Å²) in [5.41, 5.74) is 0.262. The molecule has 3 aromatic rings. The fourth-order valence-electron chi connectivity index (χ4n) is 3.51. The largest absolute Gasteiger partial charge is 0.573 e. The molecule has 1 aromatic carbocycles. The number of aromatic nitrogens is 5. The second kappa shape index (κ2) is 9.20. The molecule has 0 unspecified atom stereocenters. The Labute approximate surface area is 181 Å². The van der Waals surface area contributed by atoms with Gasteiger partial charge in [-0.3, -0.25) is 4.79 Å². The van der Waals surface area contributed by atoms with Gasteiger partial charge in [-0.1, -0.05) is 18.2 Å². The second-order valence-electron chi connectivity index (χ2n) is 7.22. The number of carbonyl (C=O) groups is 1. The highest BCUT2D eigenvalue weighted by Gasteiger charge is 2.32. The molecule has 32 heavy (non-hydrogen) atoms. The summed E-state index contributed by atoms with van der Waals surface area (Å²) < 4.78 is 43.2. The van der Waals surface area contributed by atoms with Crippen LogP contribution in [-0.4, -0.2) is 50.3 Å². The summed E-state index contributed by atoms with van der Waals surface area (Å²) in [4.78, 5) is 18.5. The third-order valence-electron chi connectivity index (χ3n) is 5.13. The third-order valence-corrected chi connectivity index (χ3v) is 5.13. The highest BCUT2D eigenvalue weighted by atomic mass is 19.4. The average Bonchev–Trinajstić information content (AvgIpc) is 3.33. The molecule has 4 rings (SSSR count). The predicted octanol–water partition coefficient (Wildman–Crippen LogP) is 2.49. The van der Waals surface area contributed by atoms with E-state index in [2.05, 4.69) is 30.3 Å². The lowest BCUT2D eigenvalue weighted by Crippen LogP contribution is -2.40. The fraction of sp³-hybridized carbons (Fsp3) is 0.350. The van der Waals surface area contributed by atoms with E-state index in [4.69, 9.17) is 0 Å². The monoisotopic (exact) mass is 447 g/mol. The minimum atomic E-state index is -4.79. The molecule has 0 aliphatic carbocycles. The van der Waals surface area contributed by atoms with Crippen LogP contribution in [0, 0.1) is 5.92 Å².